The van der Waals surface area contributed by atoms with Crippen LogP contribution < -0.4 is 11.1 Å². The Morgan fingerprint density at radius 2 is 1.58 bits per heavy atom. The summed E-state index contributed by atoms with van der Waals surface area (Å²) in [6.07, 6.45) is -4.56. The van der Waals surface area contributed by atoms with E-state index < -0.39 is 11.9 Å². The fourth-order valence-corrected chi connectivity index (χ4v) is 1.93. The van der Waals surface area contributed by atoms with Crippen LogP contribution in [0.4, 0.5) is 30.8 Å². The van der Waals surface area contributed by atoms with E-state index in [1.165, 1.54) is 12.1 Å². The summed E-state index contributed by atoms with van der Waals surface area (Å²) in [5, 5.41) is 2.91. The third-order valence-electron chi connectivity index (χ3n) is 2.95. The molecule has 0 amide bonds. The highest BCUT2D eigenvalue weighted by Gasteiger charge is 2.32. The number of anilines is 3. The molecule has 3 rings (SSSR count). The molecule has 0 spiro atoms. The molecule has 24 heavy (non-hydrogen) atoms. The molecule has 1 aromatic carbocycles. The van der Waals surface area contributed by atoms with E-state index in [1.807, 2.05) is 18.2 Å². The minimum atomic E-state index is -4.56. The van der Waals surface area contributed by atoms with Crippen molar-refractivity contribution in [2.24, 2.45) is 0 Å². The van der Waals surface area contributed by atoms with Crippen LogP contribution in [0.5, 0.6) is 0 Å². The van der Waals surface area contributed by atoms with Gasteiger partial charge in [0.1, 0.15) is 11.4 Å². The molecule has 0 fully saturated rings. The van der Waals surface area contributed by atoms with E-state index in [-0.39, 0.29) is 23.4 Å². The van der Waals surface area contributed by atoms with Crippen LogP contribution in [0.2, 0.25) is 0 Å². The lowest BCUT2D eigenvalue weighted by atomic mass is 10.3. The van der Waals surface area contributed by atoms with Gasteiger partial charge in [0.05, 0.1) is 0 Å². The number of para-hydroxylation sites is 1. The first-order valence-electron chi connectivity index (χ1n) is 6.80. The number of nitrogens with one attached hydrogen (secondary N) is 1. The number of halogens is 3. The topological polar surface area (TPSA) is 89.6 Å². The normalized spacial score (nSPS) is 11.3. The van der Waals surface area contributed by atoms with E-state index >= 15 is 0 Å². The van der Waals surface area contributed by atoms with Crippen molar-refractivity contribution in [3.8, 4) is 11.5 Å². The highest BCUT2D eigenvalue weighted by atomic mass is 19.4. The molecule has 3 N–H and O–H groups in total. The van der Waals surface area contributed by atoms with Crippen LogP contribution in [0, 0.1) is 0 Å². The molecule has 0 aliphatic rings. The van der Waals surface area contributed by atoms with Crippen molar-refractivity contribution < 1.29 is 13.2 Å². The lowest BCUT2D eigenvalue weighted by molar-refractivity contribution is -0.141. The molecule has 2 aromatic heterocycles. The maximum Gasteiger partial charge on any atom is 0.433 e. The summed E-state index contributed by atoms with van der Waals surface area (Å²) in [5.74, 6) is -0.0624. The van der Waals surface area contributed by atoms with Crippen LogP contribution in [0.25, 0.3) is 11.5 Å². The maximum atomic E-state index is 12.8. The number of benzene rings is 1. The first-order chi connectivity index (χ1) is 11.4. The predicted molar refractivity (Wildman–Crippen MR) is 82.2 cm³/mol. The van der Waals surface area contributed by atoms with Crippen molar-refractivity contribution >= 4 is 17.6 Å². The van der Waals surface area contributed by atoms with E-state index in [1.54, 1.807) is 12.1 Å². The fraction of sp³-hybridized carbons (Fsp3) is 0.0667. The average Bonchev–Trinajstić information content (AvgIpc) is 2.54. The molecule has 2 heterocycles. The number of rotatable bonds is 3. The molecule has 0 unspecified atom stereocenters. The molecule has 6 nitrogen and oxygen atoms in total. The van der Waals surface area contributed by atoms with Gasteiger partial charge in [-0.3, -0.25) is 0 Å². The van der Waals surface area contributed by atoms with Crippen molar-refractivity contribution in [2.75, 3.05) is 11.1 Å². The lowest BCUT2D eigenvalue weighted by Crippen LogP contribution is -2.10. The quantitative estimate of drug-likeness (QED) is 0.765. The zero-order valence-electron chi connectivity index (χ0n) is 12.1. The van der Waals surface area contributed by atoms with Crippen molar-refractivity contribution in [2.45, 2.75) is 6.18 Å². The monoisotopic (exact) mass is 332 g/mol. The summed E-state index contributed by atoms with van der Waals surface area (Å²) in [6, 6.07) is 12.5. The Labute approximate surface area is 134 Å². The van der Waals surface area contributed by atoms with Gasteiger partial charge < -0.3 is 11.1 Å². The van der Waals surface area contributed by atoms with Gasteiger partial charge in [-0.25, -0.2) is 4.98 Å². The summed E-state index contributed by atoms with van der Waals surface area (Å²) in [5.41, 5.74) is 5.24. The van der Waals surface area contributed by atoms with E-state index in [4.69, 9.17) is 5.73 Å². The number of alkyl halides is 3. The Morgan fingerprint density at radius 1 is 0.833 bits per heavy atom. The minimum absolute atomic E-state index is 0.0463. The number of nitrogens with two attached hydrogens (primary N) is 1. The Balaban J connectivity index is 1.97. The van der Waals surface area contributed by atoms with E-state index in [0.29, 0.717) is 5.69 Å². The van der Waals surface area contributed by atoms with Crippen LogP contribution in [-0.4, -0.2) is 19.9 Å². The van der Waals surface area contributed by atoms with Gasteiger partial charge in [0.25, 0.3) is 0 Å². The molecule has 3 aromatic rings. The summed E-state index contributed by atoms with van der Waals surface area (Å²) >= 11 is 0. The number of nitrogens with zero attached hydrogens (tertiary/aromatic N) is 4. The summed E-state index contributed by atoms with van der Waals surface area (Å²) in [7, 11) is 0. The van der Waals surface area contributed by atoms with E-state index in [9.17, 15) is 13.2 Å². The van der Waals surface area contributed by atoms with E-state index in [0.717, 1.165) is 6.07 Å². The summed E-state index contributed by atoms with van der Waals surface area (Å²) in [6.45, 7) is 0. The average molecular weight is 332 g/mol. The van der Waals surface area contributed by atoms with Gasteiger partial charge in [0.2, 0.25) is 11.9 Å². The smallest absolute Gasteiger partial charge is 0.368 e. The molecule has 122 valence electrons. The lowest BCUT2D eigenvalue weighted by Gasteiger charge is -2.09. The Morgan fingerprint density at radius 3 is 2.29 bits per heavy atom. The van der Waals surface area contributed by atoms with Gasteiger partial charge in [0.15, 0.2) is 5.82 Å². The molecule has 0 bridgehead atoms. The maximum absolute atomic E-state index is 12.8. The minimum Gasteiger partial charge on any atom is -0.368 e. The zero-order chi connectivity index (χ0) is 17.2. The van der Waals surface area contributed by atoms with Crippen molar-refractivity contribution in [1.29, 1.82) is 0 Å². The Bertz CT molecular complexity index is 851. The zero-order valence-corrected chi connectivity index (χ0v) is 12.1. The first-order valence-corrected chi connectivity index (χ1v) is 6.80. The number of hydrogen-bond donors (Lipinski definition) is 2. The molecule has 0 aliphatic heterocycles. The number of hydrogen-bond acceptors (Lipinski definition) is 6. The second-order valence-electron chi connectivity index (χ2n) is 4.74. The third kappa shape index (κ3) is 3.57. The molecule has 0 saturated carbocycles. The van der Waals surface area contributed by atoms with Crippen LogP contribution in [0.1, 0.15) is 5.69 Å². The molecule has 0 radical (unpaired) electrons. The summed E-state index contributed by atoms with van der Waals surface area (Å²) in [4.78, 5) is 15.4. The molecule has 0 atom stereocenters. The fourth-order valence-electron chi connectivity index (χ4n) is 1.93. The van der Waals surface area contributed by atoms with Crippen molar-refractivity contribution in [3.63, 3.8) is 0 Å². The van der Waals surface area contributed by atoms with Gasteiger partial charge in [-0.2, -0.15) is 28.1 Å². The highest BCUT2D eigenvalue weighted by molar-refractivity contribution is 5.58. The standard InChI is InChI=1S/C15H11F3N6/c16-15(17,18)11-8-4-7-10(21-11)12-22-13(19)24-14(23-12)20-9-5-2-1-3-6-9/h1-8H,(H3,19,20,22,23,24). The molecule has 9 heteroatoms. The number of nitrogen functional groups attached to an aromatic ring is 1. The number of aromatic nitrogens is 4. The predicted octanol–water partition coefficient (Wildman–Crippen LogP) is 3.28. The molecule has 0 aliphatic carbocycles. The van der Waals surface area contributed by atoms with Crippen LogP contribution in [0.3, 0.4) is 0 Å². The van der Waals surface area contributed by atoms with Crippen LogP contribution in [0.15, 0.2) is 48.5 Å². The Hall–Kier alpha value is -3.23. The van der Waals surface area contributed by atoms with Crippen LogP contribution in [-0.2, 0) is 6.18 Å². The SMILES string of the molecule is Nc1nc(Nc2ccccc2)nc(-c2cccc(C(F)(F)F)n2)n1. The molecular formula is C15H11F3N6. The van der Waals surface area contributed by atoms with Crippen molar-refractivity contribution in [1.82, 2.24) is 19.9 Å². The Kier molecular flexibility index (Phi) is 3.98. The second kappa shape index (κ2) is 6.11. The largest absolute Gasteiger partial charge is 0.433 e. The van der Waals surface area contributed by atoms with Gasteiger partial charge in [-0.15, -0.1) is 0 Å². The third-order valence-corrected chi connectivity index (χ3v) is 2.95. The highest BCUT2D eigenvalue weighted by Crippen LogP contribution is 2.29. The summed E-state index contributed by atoms with van der Waals surface area (Å²) < 4.78 is 38.3. The van der Waals surface area contributed by atoms with Gasteiger partial charge in [-0.1, -0.05) is 24.3 Å². The van der Waals surface area contributed by atoms with Gasteiger partial charge in [-0.05, 0) is 24.3 Å². The van der Waals surface area contributed by atoms with Crippen molar-refractivity contribution in [3.05, 3.63) is 54.2 Å². The second-order valence-corrected chi connectivity index (χ2v) is 4.74. The van der Waals surface area contributed by atoms with Gasteiger partial charge >= 0.3 is 6.18 Å². The molecule has 0 saturated heterocycles. The van der Waals surface area contributed by atoms with Crippen LogP contribution >= 0.6 is 0 Å². The number of pyridine rings is 1. The van der Waals surface area contributed by atoms with E-state index in [2.05, 4.69) is 25.3 Å². The first kappa shape index (κ1) is 15.7. The van der Waals surface area contributed by atoms with Gasteiger partial charge in [0, 0.05) is 5.69 Å². The molecular weight excluding hydrogens is 321 g/mol.